The number of amides is 2. The number of aryl methyl sites for hydroxylation is 1. The van der Waals surface area contributed by atoms with Gasteiger partial charge in [-0.1, -0.05) is 24.3 Å². The Bertz CT molecular complexity index is 1410. The molecule has 3 aromatic carbocycles. The number of hydrogen-bond donors (Lipinski definition) is 2. The molecule has 0 saturated carbocycles. The summed E-state index contributed by atoms with van der Waals surface area (Å²) in [5, 5.41) is 10.4. The third kappa shape index (κ3) is 4.46. The van der Waals surface area contributed by atoms with Crippen molar-refractivity contribution in [1.29, 1.82) is 0 Å². The molecule has 0 radical (unpaired) electrons. The lowest BCUT2D eigenvalue weighted by Gasteiger charge is -2.17. The van der Waals surface area contributed by atoms with E-state index in [-0.39, 0.29) is 17.5 Å². The van der Waals surface area contributed by atoms with E-state index in [9.17, 15) is 9.59 Å². The normalized spacial score (nSPS) is 12.5. The highest BCUT2D eigenvalue weighted by atomic mass is 16.5. The largest absolute Gasteiger partial charge is 0.493 e. The highest BCUT2D eigenvalue weighted by Gasteiger charge is 2.21. The fraction of sp³-hybridized carbons (Fsp3) is 0.148. The maximum Gasteiger partial charge on any atom is 0.276 e. The van der Waals surface area contributed by atoms with Gasteiger partial charge in [0.1, 0.15) is 0 Å². The van der Waals surface area contributed by atoms with Gasteiger partial charge in [-0.05, 0) is 60.0 Å². The number of aromatic nitrogens is 2. The lowest BCUT2D eigenvalue weighted by atomic mass is 10.0. The number of fused-ring (bicyclic) bond motifs is 1. The van der Waals surface area contributed by atoms with Crippen molar-refractivity contribution in [1.82, 2.24) is 9.78 Å². The van der Waals surface area contributed by atoms with Crippen LogP contribution in [0.1, 0.15) is 22.5 Å². The summed E-state index contributed by atoms with van der Waals surface area (Å²) < 4.78 is 12.5. The molecule has 1 aromatic heterocycles. The molecule has 4 aromatic rings. The lowest BCUT2D eigenvalue weighted by molar-refractivity contribution is -0.116. The standard InChI is InChI=1S/C27H24N4O4/c1-34-23-12-8-17(15-24(23)35-2)21-16-31(20-6-4-3-5-7-20)30-26(21)27(33)28-19-10-11-22-18(14-19)9-13-25(32)29-22/h3-8,10-12,14-16H,9,13H2,1-2H3,(H,28,33)(H,29,32). The van der Waals surface area contributed by atoms with Crippen LogP contribution in [0.5, 0.6) is 11.5 Å². The van der Waals surface area contributed by atoms with Gasteiger partial charge in [-0.15, -0.1) is 0 Å². The molecule has 1 aliphatic rings. The second kappa shape index (κ2) is 9.34. The lowest BCUT2D eigenvalue weighted by Crippen LogP contribution is -2.19. The number of carbonyl (C=O) groups is 2. The van der Waals surface area contributed by atoms with Crippen LogP contribution in [0.2, 0.25) is 0 Å². The molecule has 0 unspecified atom stereocenters. The zero-order valence-corrected chi connectivity index (χ0v) is 19.4. The Kier molecular flexibility index (Phi) is 5.93. The maximum atomic E-state index is 13.4. The quantitative estimate of drug-likeness (QED) is 0.428. The van der Waals surface area contributed by atoms with Crippen LogP contribution in [0.25, 0.3) is 16.8 Å². The number of nitrogens with zero attached hydrogens (tertiary/aromatic N) is 2. The number of ether oxygens (including phenoxy) is 2. The first-order valence-electron chi connectivity index (χ1n) is 11.2. The number of benzene rings is 3. The molecule has 8 heteroatoms. The number of nitrogens with one attached hydrogen (secondary N) is 2. The van der Waals surface area contributed by atoms with Crippen LogP contribution in [0.3, 0.4) is 0 Å². The van der Waals surface area contributed by atoms with Gasteiger partial charge in [-0.3, -0.25) is 9.59 Å². The van der Waals surface area contributed by atoms with Crippen molar-refractivity contribution in [3.63, 3.8) is 0 Å². The smallest absolute Gasteiger partial charge is 0.276 e. The zero-order valence-electron chi connectivity index (χ0n) is 19.4. The molecule has 0 spiro atoms. The highest BCUT2D eigenvalue weighted by molar-refractivity contribution is 6.07. The first kappa shape index (κ1) is 22.2. The van der Waals surface area contributed by atoms with Gasteiger partial charge in [0.15, 0.2) is 17.2 Å². The van der Waals surface area contributed by atoms with Gasteiger partial charge < -0.3 is 20.1 Å². The average molecular weight is 469 g/mol. The summed E-state index contributed by atoms with van der Waals surface area (Å²) in [6.07, 6.45) is 2.88. The van der Waals surface area contributed by atoms with Crippen LogP contribution in [-0.2, 0) is 11.2 Å². The van der Waals surface area contributed by atoms with Crippen molar-refractivity contribution in [2.24, 2.45) is 0 Å². The molecule has 35 heavy (non-hydrogen) atoms. The number of rotatable bonds is 6. The van der Waals surface area contributed by atoms with Gasteiger partial charge >= 0.3 is 0 Å². The van der Waals surface area contributed by atoms with Crippen molar-refractivity contribution in [2.45, 2.75) is 12.8 Å². The van der Waals surface area contributed by atoms with E-state index in [1.807, 2.05) is 54.7 Å². The minimum absolute atomic E-state index is 0.000277. The highest BCUT2D eigenvalue weighted by Crippen LogP contribution is 2.34. The molecule has 2 N–H and O–H groups in total. The average Bonchev–Trinajstić information content (AvgIpc) is 3.35. The molecule has 0 atom stereocenters. The minimum atomic E-state index is -0.343. The van der Waals surface area contributed by atoms with Crippen molar-refractivity contribution < 1.29 is 19.1 Å². The molecule has 176 valence electrons. The minimum Gasteiger partial charge on any atom is -0.493 e. The van der Waals surface area contributed by atoms with E-state index >= 15 is 0 Å². The van der Waals surface area contributed by atoms with Gasteiger partial charge in [-0.25, -0.2) is 4.68 Å². The monoisotopic (exact) mass is 468 g/mol. The van der Waals surface area contributed by atoms with E-state index in [1.54, 1.807) is 37.1 Å². The summed E-state index contributed by atoms with van der Waals surface area (Å²) in [6.45, 7) is 0. The fourth-order valence-electron chi connectivity index (χ4n) is 4.12. The molecule has 1 aliphatic heterocycles. The Labute approximate surface area is 202 Å². The van der Waals surface area contributed by atoms with Crippen LogP contribution in [-0.4, -0.2) is 35.8 Å². The summed E-state index contributed by atoms with van der Waals surface area (Å²) in [4.78, 5) is 25.1. The molecule has 0 bridgehead atoms. The van der Waals surface area contributed by atoms with Crippen LogP contribution in [0, 0.1) is 0 Å². The van der Waals surface area contributed by atoms with E-state index in [1.165, 1.54) is 0 Å². The molecular weight excluding hydrogens is 444 g/mol. The second-order valence-electron chi connectivity index (χ2n) is 8.12. The molecular formula is C27H24N4O4. The molecule has 2 amide bonds. The maximum absolute atomic E-state index is 13.4. The first-order chi connectivity index (χ1) is 17.1. The molecule has 0 fully saturated rings. The fourth-order valence-corrected chi connectivity index (χ4v) is 4.12. The third-order valence-corrected chi connectivity index (χ3v) is 5.90. The molecule has 5 rings (SSSR count). The Hall–Kier alpha value is -4.59. The first-order valence-corrected chi connectivity index (χ1v) is 11.2. The zero-order chi connectivity index (χ0) is 24.4. The Morgan fingerprint density at radius 2 is 1.77 bits per heavy atom. The van der Waals surface area contributed by atoms with Gasteiger partial charge in [-0.2, -0.15) is 5.10 Å². The molecule has 2 heterocycles. The van der Waals surface area contributed by atoms with E-state index in [4.69, 9.17) is 9.47 Å². The van der Waals surface area contributed by atoms with E-state index in [0.29, 0.717) is 35.6 Å². The number of carbonyl (C=O) groups excluding carboxylic acids is 2. The number of anilines is 2. The molecule has 0 aliphatic carbocycles. The Balaban J connectivity index is 1.53. The van der Waals surface area contributed by atoms with Crippen molar-refractivity contribution in [2.75, 3.05) is 24.9 Å². The van der Waals surface area contributed by atoms with E-state index < -0.39 is 0 Å². The topological polar surface area (TPSA) is 94.5 Å². The van der Waals surface area contributed by atoms with E-state index in [2.05, 4.69) is 15.7 Å². The SMILES string of the molecule is COc1ccc(-c2cn(-c3ccccc3)nc2C(=O)Nc2ccc3c(c2)CCC(=O)N3)cc1OC. The van der Waals surface area contributed by atoms with Gasteiger partial charge in [0.2, 0.25) is 5.91 Å². The Morgan fingerprint density at radius 1 is 0.971 bits per heavy atom. The van der Waals surface area contributed by atoms with Gasteiger partial charge in [0, 0.05) is 29.6 Å². The van der Waals surface area contributed by atoms with Crippen LogP contribution in [0.15, 0.2) is 72.9 Å². The molecule has 0 saturated heterocycles. The number of hydrogen-bond acceptors (Lipinski definition) is 5. The van der Waals surface area contributed by atoms with Crippen molar-refractivity contribution in [3.05, 3.63) is 84.2 Å². The second-order valence-corrected chi connectivity index (χ2v) is 8.12. The third-order valence-electron chi connectivity index (χ3n) is 5.90. The predicted molar refractivity (Wildman–Crippen MR) is 133 cm³/mol. The summed E-state index contributed by atoms with van der Waals surface area (Å²) >= 11 is 0. The Morgan fingerprint density at radius 3 is 2.54 bits per heavy atom. The molecule has 8 nitrogen and oxygen atoms in total. The van der Waals surface area contributed by atoms with Crippen molar-refractivity contribution in [3.8, 4) is 28.3 Å². The van der Waals surface area contributed by atoms with Crippen LogP contribution in [0.4, 0.5) is 11.4 Å². The number of methoxy groups -OCH3 is 2. The summed E-state index contributed by atoms with van der Waals surface area (Å²) in [5.74, 6) is 0.809. The van der Waals surface area contributed by atoms with Crippen molar-refractivity contribution >= 4 is 23.2 Å². The van der Waals surface area contributed by atoms with Gasteiger partial charge in [0.25, 0.3) is 5.91 Å². The predicted octanol–water partition coefficient (Wildman–Crippen LogP) is 4.69. The number of para-hydroxylation sites is 1. The summed E-state index contributed by atoms with van der Waals surface area (Å²) in [6, 6.07) is 20.5. The summed E-state index contributed by atoms with van der Waals surface area (Å²) in [7, 11) is 3.15. The van der Waals surface area contributed by atoms with E-state index in [0.717, 1.165) is 22.5 Å². The van der Waals surface area contributed by atoms with Gasteiger partial charge in [0.05, 0.1) is 19.9 Å². The van der Waals surface area contributed by atoms with Crippen LogP contribution >= 0.6 is 0 Å². The van der Waals surface area contributed by atoms with Crippen LogP contribution < -0.4 is 20.1 Å². The summed E-state index contributed by atoms with van der Waals surface area (Å²) in [5.41, 5.74) is 4.92.